The first-order valence-corrected chi connectivity index (χ1v) is 8.41. The van der Waals surface area contributed by atoms with Crippen LogP contribution in [0.3, 0.4) is 0 Å². The Kier molecular flexibility index (Phi) is 3.98. The highest BCUT2D eigenvalue weighted by Gasteiger charge is 2.08. The maximum Gasteiger partial charge on any atom is 0.145 e. The largest absolute Gasteiger partial charge is 0.494 e. The molecule has 0 amide bonds. The smallest absolute Gasteiger partial charge is 0.145 e. The van der Waals surface area contributed by atoms with Crippen LogP contribution in [0.2, 0.25) is 0 Å². The molecule has 1 N–H and O–H groups in total. The Morgan fingerprint density at radius 1 is 0.920 bits per heavy atom. The van der Waals surface area contributed by atoms with Crippen LogP contribution in [0.4, 0.5) is 5.82 Å². The highest BCUT2D eigenvalue weighted by Crippen LogP contribution is 2.28. The second-order valence-electron chi connectivity index (χ2n) is 6.17. The first-order chi connectivity index (χ1) is 12.3. The first kappa shape index (κ1) is 15.5. The van der Waals surface area contributed by atoms with Crippen molar-refractivity contribution in [2.45, 2.75) is 13.5 Å². The first-order valence-electron chi connectivity index (χ1n) is 8.41. The Labute approximate surface area is 147 Å². The molecule has 3 aromatic carbocycles. The molecule has 0 aliphatic heterocycles. The van der Waals surface area contributed by atoms with Crippen molar-refractivity contribution in [1.29, 1.82) is 0 Å². The van der Waals surface area contributed by atoms with E-state index >= 15 is 0 Å². The van der Waals surface area contributed by atoms with Crippen molar-refractivity contribution in [2.24, 2.45) is 0 Å². The van der Waals surface area contributed by atoms with Crippen LogP contribution < -0.4 is 10.1 Å². The Morgan fingerprint density at radius 3 is 2.56 bits per heavy atom. The molecule has 0 spiro atoms. The molecule has 4 rings (SSSR count). The van der Waals surface area contributed by atoms with E-state index in [1.807, 2.05) is 12.1 Å². The summed E-state index contributed by atoms with van der Waals surface area (Å²) in [5.41, 5.74) is 3.34. The third-order valence-electron chi connectivity index (χ3n) is 4.57. The van der Waals surface area contributed by atoms with E-state index in [1.165, 1.54) is 21.9 Å². The molecule has 0 fully saturated rings. The minimum atomic E-state index is 0.731. The van der Waals surface area contributed by atoms with Gasteiger partial charge in [0, 0.05) is 11.9 Å². The summed E-state index contributed by atoms with van der Waals surface area (Å²) in [6, 6.07) is 23.0. The van der Waals surface area contributed by atoms with Crippen LogP contribution >= 0.6 is 0 Å². The number of pyridine rings is 1. The van der Waals surface area contributed by atoms with Crippen LogP contribution in [0.15, 0.2) is 66.7 Å². The van der Waals surface area contributed by atoms with Crippen LogP contribution in [0.1, 0.15) is 11.1 Å². The van der Waals surface area contributed by atoms with Gasteiger partial charge in [0.1, 0.15) is 17.1 Å². The molecule has 3 nitrogen and oxygen atoms in total. The lowest BCUT2D eigenvalue weighted by atomic mass is 10.0. The lowest BCUT2D eigenvalue weighted by Gasteiger charge is -2.12. The Balaban J connectivity index is 1.69. The quantitative estimate of drug-likeness (QED) is 0.551. The number of hydrogen-bond donors (Lipinski definition) is 1. The van der Waals surface area contributed by atoms with Gasteiger partial charge >= 0.3 is 0 Å². The van der Waals surface area contributed by atoms with Crippen molar-refractivity contribution < 1.29 is 4.74 Å². The number of fused-ring (bicyclic) bond motifs is 2. The fourth-order valence-corrected chi connectivity index (χ4v) is 3.28. The molecule has 0 unspecified atom stereocenters. The number of nitrogens with zero attached hydrogens (tertiary/aromatic N) is 1. The van der Waals surface area contributed by atoms with Gasteiger partial charge < -0.3 is 10.1 Å². The second-order valence-corrected chi connectivity index (χ2v) is 6.17. The van der Waals surface area contributed by atoms with Crippen LogP contribution in [-0.2, 0) is 6.54 Å². The zero-order valence-electron chi connectivity index (χ0n) is 14.4. The summed E-state index contributed by atoms with van der Waals surface area (Å²) in [7, 11) is 1.68. The van der Waals surface area contributed by atoms with Gasteiger partial charge in [-0.15, -0.1) is 0 Å². The summed E-state index contributed by atoms with van der Waals surface area (Å²) < 4.78 is 5.47. The van der Waals surface area contributed by atoms with E-state index in [4.69, 9.17) is 9.72 Å². The highest BCUT2D eigenvalue weighted by molar-refractivity contribution is 5.89. The van der Waals surface area contributed by atoms with Gasteiger partial charge in [0.15, 0.2) is 0 Å². The summed E-state index contributed by atoms with van der Waals surface area (Å²) in [5.74, 6) is 1.66. The SMILES string of the molecule is COc1cccc2c(C)cc(NCc3cccc4ccccc34)nc12. The summed E-state index contributed by atoms with van der Waals surface area (Å²) in [4.78, 5) is 4.77. The number of aromatic nitrogens is 1. The molecule has 1 heterocycles. The molecular formula is C22H20N2O. The zero-order chi connectivity index (χ0) is 17.2. The van der Waals surface area contributed by atoms with Crippen LogP contribution in [0.25, 0.3) is 21.7 Å². The minimum absolute atomic E-state index is 0.731. The highest BCUT2D eigenvalue weighted by atomic mass is 16.5. The maximum absolute atomic E-state index is 5.47. The number of aryl methyl sites for hydroxylation is 1. The van der Waals surface area contributed by atoms with E-state index in [1.54, 1.807) is 7.11 Å². The van der Waals surface area contributed by atoms with E-state index in [0.29, 0.717) is 0 Å². The predicted molar refractivity (Wildman–Crippen MR) is 104 cm³/mol. The lowest BCUT2D eigenvalue weighted by Crippen LogP contribution is -2.03. The lowest BCUT2D eigenvalue weighted by molar-refractivity contribution is 0.419. The van der Waals surface area contributed by atoms with Gasteiger partial charge in [-0.3, -0.25) is 0 Å². The maximum atomic E-state index is 5.47. The molecular weight excluding hydrogens is 308 g/mol. The number of benzene rings is 3. The molecule has 124 valence electrons. The molecule has 0 saturated carbocycles. The van der Waals surface area contributed by atoms with Crippen LogP contribution in [0.5, 0.6) is 5.75 Å². The predicted octanol–water partition coefficient (Wildman–Crippen LogP) is 5.32. The number of para-hydroxylation sites is 1. The monoisotopic (exact) mass is 328 g/mol. The van der Waals surface area contributed by atoms with Gasteiger partial charge in [0.25, 0.3) is 0 Å². The van der Waals surface area contributed by atoms with Gasteiger partial charge in [-0.1, -0.05) is 54.6 Å². The Morgan fingerprint density at radius 2 is 1.68 bits per heavy atom. The summed E-state index contributed by atoms with van der Waals surface area (Å²) in [6.45, 7) is 2.83. The summed E-state index contributed by atoms with van der Waals surface area (Å²) in [6.07, 6.45) is 0. The van der Waals surface area contributed by atoms with Crippen molar-refractivity contribution >= 4 is 27.5 Å². The van der Waals surface area contributed by atoms with Crippen molar-refractivity contribution in [3.8, 4) is 5.75 Å². The van der Waals surface area contributed by atoms with Gasteiger partial charge in [0.2, 0.25) is 0 Å². The number of nitrogens with one attached hydrogen (secondary N) is 1. The number of rotatable bonds is 4. The molecule has 0 bridgehead atoms. The molecule has 0 aliphatic rings. The Hall–Kier alpha value is -3.07. The summed E-state index contributed by atoms with van der Waals surface area (Å²) >= 11 is 0. The number of anilines is 1. The molecule has 0 saturated heterocycles. The molecule has 0 aliphatic carbocycles. The second kappa shape index (κ2) is 6.44. The number of methoxy groups -OCH3 is 1. The van der Waals surface area contributed by atoms with E-state index in [9.17, 15) is 0 Å². The average Bonchev–Trinajstić information content (AvgIpc) is 2.66. The van der Waals surface area contributed by atoms with E-state index in [2.05, 4.69) is 66.8 Å². The topological polar surface area (TPSA) is 34.1 Å². The van der Waals surface area contributed by atoms with Gasteiger partial charge in [-0.05, 0) is 41.0 Å². The average molecular weight is 328 g/mol. The van der Waals surface area contributed by atoms with Crippen molar-refractivity contribution in [2.75, 3.05) is 12.4 Å². The molecule has 3 heteroatoms. The van der Waals surface area contributed by atoms with Crippen molar-refractivity contribution in [3.05, 3.63) is 77.9 Å². The van der Waals surface area contributed by atoms with Crippen LogP contribution in [-0.4, -0.2) is 12.1 Å². The van der Waals surface area contributed by atoms with E-state index in [0.717, 1.165) is 29.0 Å². The molecule has 4 aromatic rings. The number of hydrogen-bond acceptors (Lipinski definition) is 3. The molecule has 1 aromatic heterocycles. The van der Waals surface area contributed by atoms with Crippen LogP contribution in [0, 0.1) is 6.92 Å². The van der Waals surface area contributed by atoms with E-state index in [-0.39, 0.29) is 0 Å². The molecule has 0 radical (unpaired) electrons. The zero-order valence-corrected chi connectivity index (χ0v) is 14.4. The van der Waals surface area contributed by atoms with Gasteiger partial charge in [-0.25, -0.2) is 4.98 Å². The third kappa shape index (κ3) is 2.89. The Bertz CT molecular complexity index is 1050. The van der Waals surface area contributed by atoms with Gasteiger partial charge in [0.05, 0.1) is 7.11 Å². The van der Waals surface area contributed by atoms with E-state index < -0.39 is 0 Å². The minimum Gasteiger partial charge on any atom is -0.494 e. The molecule has 0 atom stereocenters. The van der Waals surface area contributed by atoms with Gasteiger partial charge in [-0.2, -0.15) is 0 Å². The fourth-order valence-electron chi connectivity index (χ4n) is 3.28. The van der Waals surface area contributed by atoms with Crippen molar-refractivity contribution in [1.82, 2.24) is 4.98 Å². The summed E-state index contributed by atoms with van der Waals surface area (Å²) in [5, 5.41) is 7.12. The molecule has 25 heavy (non-hydrogen) atoms. The normalized spacial score (nSPS) is 11.0. The fraction of sp³-hybridized carbons (Fsp3) is 0.136. The third-order valence-corrected chi connectivity index (χ3v) is 4.57. The standard InChI is InChI=1S/C22H20N2O/c1-15-13-21(24-22-18(15)11-6-12-20(22)25-2)23-14-17-9-5-8-16-7-3-4-10-19(16)17/h3-13H,14H2,1-2H3,(H,23,24). The van der Waals surface area contributed by atoms with Crippen molar-refractivity contribution in [3.63, 3.8) is 0 Å². The number of ether oxygens (including phenoxy) is 1.